The molecule has 50 valence electrons. The standard InChI is InChI=1S/C7H12N2/c1-4-7(2)9-6-5-8-3/h5-6H,3-4H2,1-2H3/b6-5-,9-7?. The fourth-order valence-electron chi connectivity index (χ4n) is 0.299. The molecule has 0 aromatic heterocycles. The molecule has 0 atom stereocenters. The highest BCUT2D eigenvalue weighted by Crippen LogP contribution is 1.84. The molecular weight excluding hydrogens is 112 g/mol. The van der Waals surface area contributed by atoms with Gasteiger partial charge in [0.1, 0.15) is 0 Å². The second kappa shape index (κ2) is 5.22. The van der Waals surface area contributed by atoms with Crippen molar-refractivity contribution in [3.05, 3.63) is 12.4 Å². The van der Waals surface area contributed by atoms with Crippen molar-refractivity contribution in [1.82, 2.24) is 0 Å². The van der Waals surface area contributed by atoms with Gasteiger partial charge in [0, 0.05) is 18.1 Å². The van der Waals surface area contributed by atoms with Gasteiger partial charge in [-0.15, -0.1) is 0 Å². The van der Waals surface area contributed by atoms with Crippen LogP contribution in [0.15, 0.2) is 22.4 Å². The Morgan fingerprint density at radius 1 is 1.56 bits per heavy atom. The van der Waals surface area contributed by atoms with Crippen LogP contribution in [-0.4, -0.2) is 12.4 Å². The maximum Gasteiger partial charge on any atom is 0.0449 e. The number of rotatable bonds is 3. The lowest BCUT2D eigenvalue weighted by Crippen LogP contribution is -1.83. The molecule has 0 aliphatic rings. The summed E-state index contributed by atoms with van der Waals surface area (Å²) in [5.74, 6) is 0. The summed E-state index contributed by atoms with van der Waals surface area (Å²) >= 11 is 0. The largest absolute Gasteiger partial charge is 0.271 e. The van der Waals surface area contributed by atoms with Crippen molar-refractivity contribution < 1.29 is 0 Å². The maximum absolute atomic E-state index is 4.03. The van der Waals surface area contributed by atoms with Gasteiger partial charge in [0.2, 0.25) is 0 Å². The molecule has 0 saturated heterocycles. The molecule has 0 unspecified atom stereocenters. The van der Waals surface area contributed by atoms with E-state index >= 15 is 0 Å². The lowest BCUT2D eigenvalue weighted by Gasteiger charge is -1.86. The van der Waals surface area contributed by atoms with Crippen LogP contribution < -0.4 is 0 Å². The normalized spacial score (nSPS) is 12.4. The van der Waals surface area contributed by atoms with Crippen molar-refractivity contribution in [2.75, 3.05) is 0 Å². The zero-order chi connectivity index (χ0) is 7.11. The Kier molecular flexibility index (Phi) is 4.69. The predicted molar refractivity (Wildman–Crippen MR) is 42.1 cm³/mol. The zero-order valence-corrected chi connectivity index (χ0v) is 5.96. The van der Waals surface area contributed by atoms with Gasteiger partial charge < -0.3 is 0 Å². The number of aliphatic imine (C=N–C) groups is 2. The van der Waals surface area contributed by atoms with E-state index in [0.717, 1.165) is 12.1 Å². The Balaban J connectivity index is 3.67. The minimum Gasteiger partial charge on any atom is -0.271 e. The van der Waals surface area contributed by atoms with Crippen LogP contribution in [0.5, 0.6) is 0 Å². The van der Waals surface area contributed by atoms with E-state index in [9.17, 15) is 0 Å². The molecular formula is C7H12N2. The van der Waals surface area contributed by atoms with Gasteiger partial charge in [-0.25, -0.2) is 0 Å². The minimum atomic E-state index is 0.988. The summed E-state index contributed by atoms with van der Waals surface area (Å²) in [6.45, 7) is 7.32. The molecule has 0 aromatic rings. The first-order valence-electron chi connectivity index (χ1n) is 2.95. The monoisotopic (exact) mass is 124 g/mol. The average Bonchev–Trinajstić information content (AvgIpc) is 1.89. The van der Waals surface area contributed by atoms with Gasteiger partial charge in [0.05, 0.1) is 0 Å². The SMILES string of the molecule is C=N/C=C\N=C(C)CC. The topological polar surface area (TPSA) is 24.7 Å². The summed E-state index contributed by atoms with van der Waals surface area (Å²) in [6, 6.07) is 0. The molecule has 0 rings (SSSR count). The lowest BCUT2D eigenvalue weighted by molar-refractivity contribution is 1.25. The van der Waals surface area contributed by atoms with Crippen molar-refractivity contribution in [3.63, 3.8) is 0 Å². The number of hydrogen-bond acceptors (Lipinski definition) is 2. The van der Waals surface area contributed by atoms with Crippen molar-refractivity contribution >= 4 is 12.4 Å². The first kappa shape index (κ1) is 8.08. The molecule has 2 heteroatoms. The molecule has 0 bridgehead atoms. The average molecular weight is 124 g/mol. The molecule has 0 fully saturated rings. The van der Waals surface area contributed by atoms with Gasteiger partial charge in [-0.1, -0.05) is 6.92 Å². The molecule has 0 heterocycles. The Hall–Kier alpha value is -0.920. The van der Waals surface area contributed by atoms with Crippen LogP contribution in [0.2, 0.25) is 0 Å². The summed E-state index contributed by atoms with van der Waals surface area (Å²) in [5, 5.41) is 0. The lowest BCUT2D eigenvalue weighted by atomic mass is 10.3. The van der Waals surface area contributed by atoms with E-state index in [1.807, 2.05) is 6.92 Å². The van der Waals surface area contributed by atoms with E-state index in [4.69, 9.17) is 0 Å². The summed E-state index contributed by atoms with van der Waals surface area (Å²) in [6.07, 6.45) is 4.20. The van der Waals surface area contributed by atoms with Crippen LogP contribution in [0, 0.1) is 0 Å². The van der Waals surface area contributed by atoms with Crippen molar-refractivity contribution in [2.45, 2.75) is 20.3 Å². The van der Waals surface area contributed by atoms with Crippen LogP contribution >= 0.6 is 0 Å². The van der Waals surface area contributed by atoms with Gasteiger partial charge in [-0.2, -0.15) is 0 Å². The first-order valence-corrected chi connectivity index (χ1v) is 2.95. The van der Waals surface area contributed by atoms with Gasteiger partial charge >= 0.3 is 0 Å². The molecule has 0 spiro atoms. The van der Waals surface area contributed by atoms with Crippen LogP contribution in [0.25, 0.3) is 0 Å². The Morgan fingerprint density at radius 2 is 2.22 bits per heavy atom. The minimum absolute atomic E-state index is 0.988. The van der Waals surface area contributed by atoms with E-state index < -0.39 is 0 Å². The summed E-state index contributed by atoms with van der Waals surface area (Å²) in [7, 11) is 0. The molecule has 2 nitrogen and oxygen atoms in total. The molecule has 0 saturated carbocycles. The first-order chi connectivity index (χ1) is 4.31. The third-order valence-corrected chi connectivity index (χ3v) is 0.979. The van der Waals surface area contributed by atoms with E-state index in [0.29, 0.717) is 0 Å². The van der Waals surface area contributed by atoms with Gasteiger partial charge in [-0.05, 0) is 20.1 Å². The van der Waals surface area contributed by atoms with E-state index in [-0.39, 0.29) is 0 Å². The number of hydrogen-bond donors (Lipinski definition) is 0. The van der Waals surface area contributed by atoms with Crippen molar-refractivity contribution in [1.29, 1.82) is 0 Å². The Labute approximate surface area is 56.0 Å². The summed E-state index contributed by atoms with van der Waals surface area (Å²) < 4.78 is 0. The zero-order valence-electron chi connectivity index (χ0n) is 5.96. The second-order valence-electron chi connectivity index (χ2n) is 1.70. The maximum atomic E-state index is 4.03. The molecule has 0 amide bonds. The van der Waals surface area contributed by atoms with Gasteiger partial charge in [0.15, 0.2) is 0 Å². The molecule has 0 aliphatic heterocycles. The van der Waals surface area contributed by atoms with Gasteiger partial charge in [0.25, 0.3) is 0 Å². The third-order valence-electron chi connectivity index (χ3n) is 0.979. The number of nitrogens with zero attached hydrogens (tertiary/aromatic N) is 2. The highest BCUT2D eigenvalue weighted by atomic mass is 14.7. The molecule has 0 aromatic carbocycles. The molecule has 9 heavy (non-hydrogen) atoms. The molecule has 0 N–H and O–H groups in total. The highest BCUT2D eigenvalue weighted by Gasteiger charge is 1.77. The van der Waals surface area contributed by atoms with E-state index in [1.54, 1.807) is 12.4 Å². The second-order valence-corrected chi connectivity index (χ2v) is 1.70. The third kappa shape index (κ3) is 4.94. The Morgan fingerprint density at radius 3 is 2.67 bits per heavy atom. The van der Waals surface area contributed by atoms with Crippen LogP contribution in [-0.2, 0) is 0 Å². The molecule has 0 radical (unpaired) electrons. The van der Waals surface area contributed by atoms with Crippen LogP contribution in [0.3, 0.4) is 0 Å². The van der Waals surface area contributed by atoms with Crippen LogP contribution in [0.4, 0.5) is 0 Å². The Bertz CT molecular complexity index is 134. The van der Waals surface area contributed by atoms with Crippen molar-refractivity contribution in [3.8, 4) is 0 Å². The van der Waals surface area contributed by atoms with Gasteiger partial charge in [-0.3, -0.25) is 9.98 Å². The van der Waals surface area contributed by atoms with E-state index in [2.05, 4.69) is 23.6 Å². The quantitative estimate of drug-likeness (QED) is 0.514. The smallest absolute Gasteiger partial charge is 0.0449 e. The summed E-state index contributed by atoms with van der Waals surface area (Å²) in [5.41, 5.74) is 1.11. The highest BCUT2D eigenvalue weighted by molar-refractivity contribution is 5.82. The fraction of sp³-hybridized carbons (Fsp3) is 0.429. The fourth-order valence-corrected chi connectivity index (χ4v) is 0.299. The van der Waals surface area contributed by atoms with Crippen molar-refractivity contribution in [2.24, 2.45) is 9.98 Å². The summed E-state index contributed by atoms with van der Waals surface area (Å²) in [4.78, 5) is 7.54. The predicted octanol–water partition coefficient (Wildman–Crippen LogP) is 2.03. The van der Waals surface area contributed by atoms with Crippen LogP contribution in [0.1, 0.15) is 20.3 Å². The molecule has 0 aliphatic carbocycles. The van der Waals surface area contributed by atoms with E-state index in [1.165, 1.54) is 0 Å².